The summed E-state index contributed by atoms with van der Waals surface area (Å²) < 4.78 is 40.7. The highest BCUT2D eigenvalue weighted by Crippen LogP contribution is 2.38. The molecule has 9 heteroatoms. The number of halogens is 3. The maximum absolute atomic E-state index is 13.6. The number of pyridine rings is 1. The molecule has 4 rings (SSSR count). The molecule has 0 saturated heterocycles. The molecule has 1 atom stereocenters. The number of hydrogen-bond donors (Lipinski definition) is 2. The molecule has 170 valence electrons. The third-order valence-electron chi connectivity index (χ3n) is 5.85. The van der Waals surface area contributed by atoms with Crippen LogP contribution in [0.15, 0.2) is 64.9 Å². The molecule has 0 amide bonds. The van der Waals surface area contributed by atoms with E-state index >= 15 is 0 Å². The first-order valence-electron chi connectivity index (χ1n) is 10.5. The zero-order chi connectivity index (χ0) is 22.9. The summed E-state index contributed by atoms with van der Waals surface area (Å²) in [6, 6.07) is 12.3. The Balaban J connectivity index is 1.65. The molecule has 0 aliphatic carbocycles. The van der Waals surface area contributed by atoms with Crippen molar-refractivity contribution in [1.82, 2.24) is 15.2 Å². The average molecular weight is 445 g/mol. The number of benzene rings is 1. The Kier molecular flexibility index (Phi) is 5.85. The standard InChI is InChI=1S/C23H27F3N6/c1-31(2)21-29-19-11-14-32(20-18(23(24,25)26)9-6-12-28-20)13-10-17(19)22(27,30-21)15-16-7-4-3-5-8-16/h3-9,12H,10-11,13-15,27H2,1-2H3,(H,29,30). The minimum absolute atomic E-state index is 0.0423. The van der Waals surface area contributed by atoms with E-state index in [0.717, 1.165) is 22.9 Å². The molecule has 2 aliphatic heterocycles. The normalized spacial score (nSPS) is 21.4. The maximum atomic E-state index is 13.6. The molecule has 0 radical (unpaired) electrons. The molecule has 0 bridgehead atoms. The van der Waals surface area contributed by atoms with Gasteiger partial charge in [-0.15, -0.1) is 0 Å². The van der Waals surface area contributed by atoms with Gasteiger partial charge in [0.15, 0.2) is 5.96 Å². The van der Waals surface area contributed by atoms with Gasteiger partial charge in [-0.05, 0) is 29.7 Å². The summed E-state index contributed by atoms with van der Waals surface area (Å²) in [6.45, 7) is 0.773. The fourth-order valence-corrected chi connectivity index (χ4v) is 4.29. The van der Waals surface area contributed by atoms with Crippen LogP contribution in [0.2, 0.25) is 0 Å². The number of hydrogen-bond acceptors (Lipinski definition) is 6. The largest absolute Gasteiger partial charge is 0.419 e. The first-order chi connectivity index (χ1) is 15.2. The Bertz CT molecular complexity index is 1030. The van der Waals surface area contributed by atoms with Gasteiger partial charge < -0.3 is 20.9 Å². The van der Waals surface area contributed by atoms with Crippen LogP contribution in [-0.2, 0) is 12.6 Å². The fraction of sp³-hybridized carbons (Fsp3) is 0.391. The Hall–Kier alpha value is -3.07. The van der Waals surface area contributed by atoms with Gasteiger partial charge in [-0.3, -0.25) is 0 Å². The van der Waals surface area contributed by atoms with Gasteiger partial charge in [-0.25, -0.2) is 9.98 Å². The lowest BCUT2D eigenvalue weighted by atomic mass is 9.88. The zero-order valence-corrected chi connectivity index (χ0v) is 18.2. The van der Waals surface area contributed by atoms with Crippen LogP contribution in [0.3, 0.4) is 0 Å². The van der Waals surface area contributed by atoms with Crippen molar-refractivity contribution in [2.45, 2.75) is 31.1 Å². The highest BCUT2D eigenvalue weighted by atomic mass is 19.4. The van der Waals surface area contributed by atoms with Gasteiger partial charge in [0.25, 0.3) is 0 Å². The number of alkyl halides is 3. The monoisotopic (exact) mass is 444 g/mol. The lowest BCUT2D eigenvalue weighted by molar-refractivity contribution is -0.137. The summed E-state index contributed by atoms with van der Waals surface area (Å²) in [5.74, 6) is 0.601. The Morgan fingerprint density at radius 1 is 1.09 bits per heavy atom. The van der Waals surface area contributed by atoms with Crippen molar-refractivity contribution in [3.05, 3.63) is 71.1 Å². The third-order valence-corrected chi connectivity index (χ3v) is 5.85. The van der Waals surface area contributed by atoms with E-state index in [4.69, 9.17) is 10.7 Å². The topological polar surface area (TPSA) is 69.8 Å². The smallest absolute Gasteiger partial charge is 0.355 e. The molecule has 1 aromatic carbocycles. The van der Waals surface area contributed by atoms with E-state index in [0.29, 0.717) is 38.3 Å². The first-order valence-corrected chi connectivity index (χ1v) is 10.5. The second-order valence-electron chi connectivity index (χ2n) is 8.36. The summed E-state index contributed by atoms with van der Waals surface area (Å²) in [7, 11) is 3.76. The van der Waals surface area contributed by atoms with Crippen molar-refractivity contribution in [1.29, 1.82) is 0 Å². The van der Waals surface area contributed by atoms with Crippen molar-refractivity contribution in [2.24, 2.45) is 10.7 Å². The van der Waals surface area contributed by atoms with Crippen molar-refractivity contribution < 1.29 is 13.2 Å². The molecule has 3 heterocycles. The number of aliphatic imine (C=N–C) groups is 1. The molecule has 6 nitrogen and oxygen atoms in total. The van der Waals surface area contributed by atoms with Crippen LogP contribution < -0.4 is 16.0 Å². The third kappa shape index (κ3) is 4.43. The van der Waals surface area contributed by atoms with Crippen LogP contribution in [0.25, 0.3) is 0 Å². The van der Waals surface area contributed by atoms with Crippen LogP contribution in [0.4, 0.5) is 19.0 Å². The number of aromatic nitrogens is 1. The van der Waals surface area contributed by atoms with Crippen LogP contribution in [0.1, 0.15) is 24.0 Å². The number of nitrogens with two attached hydrogens (primary N) is 1. The van der Waals surface area contributed by atoms with Gasteiger partial charge in [0.1, 0.15) is 11.5 Å². The molecule has 0 spiro atoms. The predicted octanol–water partition coefficient (Wildman–Crippen LogP) is 3.37. The fourth-order valence-electron chi connectivity index (χ4n) is 4.29. The molecule has 0 fully saturated rings. The minimum atomic E-state index is -4.46. The van der Waals surface area contributed by atoms with E-state index in [1.807, 2.05) is 49.3 Å². The second-order valence-corrected chi connectivity index (χ2v) is 8.36. The molecule has 0 saturated carbocycles. The van der Waals surface area contributed by atoms with E-state index in [1.54, 1.807) is 4.90 Å². The molecule has 2 aliphatic rings. The van der Waals surface area contributed by atoms with Gasteiger partial charge in [0, 0.05) is 51.9 Å². The van der Waals surface area contributed by atoms with E-state index in [2.05, 4.69) is 10.3 Å². The number of guanidine groups is 1. The van der Waals surface area contributed by atoms with Gasteiger partial charge in [0.05, 0.1) is 5.56 Å². The van der Waals surface area contributed by atoms with Gasteiger partial charge in [-0.2, -0.15) is 13.2 Å². The molecule has 2 aromatic rings. The van der Waals surface area contributed by atoms with Gasteiger partial charge in [0.2, 0.25) is 0 Å². The van der Waals surface area contributed by atoms with Crippen LogP contribution in [-0.4, -0.2) is 48.7 Å². The lowest BCUT2D eigenvalue weighted by Crippen LogP contribution is -2.52. The number of rotatable bonds is 3. The van der Waals surface area contributed by atoms with Crippen LogP contribution in [0, 0.1) is 0 Å². The summed E-state index contributed by atoms with van der Waals surface area (Å²) in [5.41, 5.74) is 8.11. The molecule has 32 heavy (non-hydrogen) atoms. The van der Waals surface area contributed by atoms with Crippen LogP contribution >= 0.6 is 0 Å². The molecular formula is C23H27F3N6. The van der Waals surface area contributed by atoms with Crippen molar-refractivity contribution in [3.8, 4) is 0 Å². The Morgan fingerprint density at radius 2 is 1.81 bits per heavy atom. The molecule has 3 N–H and O–H groups in total. The summed E-state index contributed by atoms with van der Waals surface area (Å²) in [4.78, 5) is 12.5. The highest BCUT2D eigenvalue weighted by molar-refractivity contribution is 5.83. The quantitative estimate of drug-likeness (QED) is 0.760. The average Bonchev–Trinajstić information content (AvgIpc) is 2.97. The van der Waals surface area contributed by atoms with Gasteiger partial charge in [-0.1, -0.05) is 30.3 Å². The molecule has 1 unspecified atom stereocenters. The van der Waals surface area contributed by atoms with E-state index < -0.39 is 17.4 Å². The second kappa shape index (κ2) is 8.46. The first kappa shape index (κ1) is 22.1. The summed E-state index contributed by atoms with van der Waals surface area (Å²) in [6.07, 6.45) is -1.55. The number of nitrogens with zero attached hydrogens (tertiary/aromatic N) is 4. The van der Waals surface area contributed by atoms with Crippen LogP contribution in [0.5, 0.6) is 0 Å². The summed E-state index contributed by atoms with van der Waals surface area (Å²) in [5, 5.41) is 3.36. The Morgan fingerprint density at radius 3 is 2.50 bits per heavy atom. The number of nitrogens with one attached hydrogen (secondary N) is 1. The maximum Gasteiger partial charge on any atom is 0.419 e. The van der Waals surface area contributed by atoms with Gasteiger partial charge >= 0.3 is 6.18 Å². The number of anilines is 1. The predicted molar refractivity (Wildman–Crippen MR) is 119 cm³/mol. The van der Waals surface area contributed by atoms with E-state index in [9.17, 15) is 13.2 Å². The van der Waals surface area contributed by atoms with E-state index in [1.165, 1.54) is 12.3 Å². The molecular weight excluding hydrogens is 417 g/mol. The summed E-state index contributed by atoms with van der Waals surface area (Å²) >= 11 is 0. The lowest BCUT2D eigenvalue weighted by Gasteiger charge is -2.37. The highest BCUT2D eigenvalue weighted by Gasteiger charge is 2.40. The molecule has 1 aromatic heterocycles. The SMILES string of the molecule is CN(C)C1=NC(N)(Cc2ccccc2)C2=C(CCN(c3ncccc3C(F)(F)F)CC2)N1. The Labute approximate surface area is 185 Å². The van der Waals surface area contributed by atoms with Crippen molar-refractivity contribution in [3.63, 3.8) is 0 Å². The zero-order valence-electron chi connectivity index (χ0n) is 18.2. The van der Waals surface area contributed by atoms with Crippen molar-refractivity contribution >= 4 is 11.8 Å². The minimum Gasteiger partial charge on any atom is -0.355 e. The van der Waals surface area contributed by atoms with E-state index in [-0.39, 0.29) is 5.82 Å². The van der Waals surface area contributed by atoms with Crippen molar-refractivity contribution in [2.75, 3.05) is 32.1 Å².